The zero-order chi connectivity index (χ0) is 19.8. The fraction of sp³-hybridized carbons (Fsp3) is 0.500. The fourth-order valence-electron chi connectivity index (χ4n) is 1.55. The Labute approximate surface area is 167 Å². The number of benzene rings is 1. The lowest BCUT2D eigenvalue weighted by Gasteiger charge is -2.30. The zero-order valence-corrected chi connectivity index (χ0v) is 17.5. The van der Waals surface area contributed by atoms with Gasteiger partial charge < -0.3 is 14.0 Å². The van der Waals surface area contributed by atoms with Crippen molar-refractivity contribution >= 4 is 55.3 Å². The lowest BCUT2D eigenvalue weighted by molar-refractivity contribution is -0.239. The van der Waals surface area contributed by atoms with E-state index < -0.39 is 33.4 Å². The summed E-state index contributed by atoms with van der Waals surface area (Å²) in [4.78, 5) is 0. The van der Waals surface area contributed by atoms with Crippen LogP contribution in [-0.4, -0.2) is 36.6 Å². The molecule has 13 heteroatoms. The minimum atomic E-state index is -6.61. The average molecular weight is 615 g/mol. The van der Waals surface area contributed by atoms with Gasteiger partial charge in [0.25, 0.3) is 6.10 Å². The molecule has 0 fully saturated rings. The van der Waals surface area contributed by atoms with Crippen LogP contribution in [0.5, 0.6) is 11.5 Å². The van der Waals surface area contributed by atoms with Gasteiger partial charge in [-0.25, -0.2) is 8.42 Å². The van der Waals surface area contributed by atoms with E-state index in [0.29, 0.717) is 5.75 Å². The number of alkyl halides is 5. The zero-order valence-electron chi connectivity index (χ0n) is 12.4. The van der Waals surface area contributed by atoms with Gasteiger partial charge in [-0.3, -0.25) is 0 Å². The molecule has 25 heavy (non-hydrogen) atoms. The van der Waals surface area contributed by atoms with Gasteiger partial charge in [0.05, 0.1) is 13.2 Å². The van der Waals surface area contributed by atoms with Gasteiger partial charge in [-0.2, -0.15) is 22.0 Å². The van der Waals surface area contributed by atoms with Crippen LogP contribution in [0.25, 0.3) is 0 Å². The van der Waals surface area contributed by atoms with E-state index in [9.17, 15) is 34.9 Å². The van der Waals surface area contributed by atoms with E-state index in [1.807, 2.05) is 0 Å². The third-order valence-electron chi connectivity index (χ3n) is 2.52. The molecule has 0 spiro atoms. The van der Waals surface area contributed by atoms with Crippen LogP contribution in [0.15, 0.2) is 12.1 Å². The molecule has 0 saturated heterocycles. The molecule has 1 aromatic rings. The van der Waals surface area contributed by atoms with Gasteiger partial charge >= 0.3 is 11.4 Å². The smallest absolute Gasteiger partial charge is 0.432 e. The molecule has 0 aliphatic rings. The van der Waals surface area contributed by atoms with Crippen molar-refractivity contribution in [2.75, 3.05) is 0 Å². The molecule has 1 rings (SSSR count). The molecule has 0 aliphatic heterocycles. The average Bonchev–Trinajstić information content (AvgIpc) is 2.37. The highest BCUT2D eigenvalue weighted by molar-refractivity contribution is 14.1. The van der Waals surface area contributed by atoms with Crippen molar-refractivity contribution in [3.8, 4) is 11.5 Å². The van der Waals surface area contributed by atoms with Gasteiger partial charge in [0.1, 0.15) is 11.5 Å². The van der Waals surface area contributed by atoms with E-state index in [4.69, 9.17) is 4.74 Å². The van der Waals surface area contributed by atoms with Crippen molar-refractivity contribution < 1.29 is 44.4 Å². The van der Waals surface area contributed by atoms with Crippen molar-refractivity contribution in [2.24, 2.45) is 0 Å². The summed E-state index contributed by atoms with van der Waals surface area (Å²) in [5, 5.41) is -5.70. The molecule has 0 amide bonds. The molecular weight excluding hydrogens is 605 g/mol. The lowest BCUT2D eigenvalue weighted by Crippen LogP contribution is -2.53. The van der Waals surface area contributed by atoms with Crippen LogP contribution < -0.4 is 9.47 Å². The van der Waals surface area contributed by atoms with Crippen LogP contribution in [0.2, 0.25) is 0 Å². The summed E-state index contributed by atoms with van der Waals surface area (Å²) in [6, 6.07) is 1.93. The lowest BCUT2D eigenvalue weighted by atomic mass is 10.3. The molecule has 0 saturated carbocycles. The summed E-state index contributed by atoms with van der Waals surface area (Å²) < 4.78 is 107. The molecule has 0 N–H and O–H groups in total. The Morgan fingerprint density at radius 1 is 1.04 bits per heavy atom. The maximum atomic E-state index is 13.5. The second kappa shape index (κ2) is 7.84. The van der Waals surface area contributed by atoms with Gasteiger partial charge in [-0.15, -0.1) is 0 Å². The summed E-state index contributed by atoms with van der Waals surface area (Å²) in [5.41, 5.74) is 0. The third-order valence-corrected chi connectivity index (χ3v) is 5.00. The summed E-state index contributed by atoms with van der Waals surface area (Å²) in [7, 11) is -6.61. The summed E-state index contributed by atoms with van der Waals surface area (Å²) in [6.45, 7) is 3.41. The predicted octanol–water partition coefficient (Wildman–Crippen LogP) is 4.13. The van der Waals surface area contributed by atoms with Crippen molar-refractivity contribution in [3.63, 3.8) is 0 Å². The largest absolute Gasteiger partial charge is 0.743 e. The molecule has 0 aliphatic carbocycles. The first-order valence-corrected chi connectivity index (χ1v) is 9.86. The topological polar surface area (TPSA) is 75.7 Å². The van der Waals surface area contributed by atoms with Crippen molar-refractivity contribution in [2.45, 2.75) is 37.5 Å². The van der Waals surface area contributed by atoms with Crippen LogP contribution >= 0.6 is 45.2 Å². The highest BCUT2D eigenvalue weighted by Crippen LogP contribution is 2.40. The Morgan fingerprint density at radius 2 is 1.48 bits per heavy atom. The molecule has 0 radical (unpaired) electrons. The quantitative estimate of drug-likeness (QED) is 0.274. The summed E-state index contributed by atoms with van der Waals surface area (Å²) in [5.74, 6) is -0.383. The minimum Gasteiger partial charge on any atom is -0.743 e. The molecule has 5 nitrogen and oxygen atoms in total. The van der Waals surface area contributed by atoms with Crippen LogP contribution in [0.4, 0.5) is 22.0 Å². The maximum Gasteiger partial charge on any atom is 0.432 e. The first-order chi connectivity index (χ1) is 11.1. The van der Waals surface area contributed by atoms with Crippen LogP contribution in [0.3, 0.4) is 0 Å². The minimum absolute atomic E-state index is 0.252. The van der Waals surface area contributed by atoms with Crippen molar-refractivity contribution in [1.29, 1.82) is 0 Å². The van der Waals surface area contributed by atoms with Crippen molar-refractivity contribution in [3.05, 3.63) is 19.3 Å². The molecule has 0 aromatic heterocycles. The van der Waals surface area contributed by atoms with Gasteiger partial charge in [-0.1, -0.05) is 0 Å². The molecule has 1 unspecified atom stereocenters. The normalized spacial score (nSPS) is 14.5. The number of rotatable bonds is 6. The first-order valence-electron chi connectivity index (χ1n) is 6.29. The van der Waals surface area contributed by atoms with E-state index in [2.05, 4.69) is 4.74 Å². The van der Waals surface area contributed by atoms with Gasteiger partial charge in [0.2, 0.25) is 0 Å². The van der Waals surface area contributed by atoms with Gasteiger partial charge in [-0.05, 0) is 71.2 Å². The molecule has 0 heterocycles. The maximum absolute atomic E-state index is 13.5. The second-order valence-electron chi connectivity index (χ2n) is 4.94. The molecule has 144 valence electrons. The highest BCUT2D eigenvalue weighted by Gasteiger charge is 2.62. The monoisotopic (exact) mass is 615 g/mol. The Hall–Kier alpha value is -0.160. The summed E-state index contributed by atoms with van der Waals surface area (Å²) >= 11 is 3.38. The molecule has 0 bridgehead atoms. The van der Waals surface area contributed by atoms with Gasteiger partial charge in [0.15, 0.2) is 10.1 Å². The predicted molar refractivity (Wildman–Crippen MR) is 92.8 cm³/mol. The number of hydrogen-bond donors (Lipinski definition) is 0. The number of ether oxygens (including phenoxy) is 2. The van der Waals surface area contributed by atoms with Crippen LogP contribution in [0.1, 0.15) is 13.8 Å². The molecule has 1 aromatic carbocycles. The Bertz CT molecular complexity index is 713. The van der Waals surface area contributed by atoms with Crippen LogP contribution in [0, 0.1) is 7.14 Å². The van der Waals surface area contributed by atoms with E-state index in [1.54, 1.807) is 59.0 Å². The second-order valence-corrected chi connectivity index (χ2v) is 8.72. The first kappa shape index (κ1) is 22.9. The summed E-state index contributed by atoms with van der Waals surface area (Å²) in [6.07, 6.45) is -10.2. The number of hydrogen-bond acceptors (Lipinski definition) is 5. The van der Waals surface area contributed by atoms with Crippen molar-refractivity contribution in [1.82, 2.24) is 0 Å². The Kier molecular flexibility index (Phi) is 7.17. The van der Waals surface area contributed by atoms with Crippen LogP contribution in [-0.2, 0) is 10.1 Å². The SMILES string of the molecule is CC(C)Oc1c(I)cc(OC(C(F)(F)F)C(F)(F)S(=O)(=O)[O-])cc1I. The number of halogens is 7. The Morgan fingerprint density at radius 3 is 1.80 bits per heavy atom. The molecule has 1 atom stereocenters. The van der Waals surface area contributed by atoms with E-state index in [1.165, 1.54) is 0 Å². The fourth-order valence-corrected chi connectivity index (χ4v) is 3.96. The van der Waals surface area contributed by atoms with E-state index in [0.717, 1.165) is 12.1 Å². The standard InChI is InChI=1S/C12H11F5I2O5S/c1-5(2)23-9-7(18)3-6(4-8(9)19)24-10(11(13,14)15)12(16,17)25(20,21)22/h3-5,10H,1-2H3,(H,20,21,22)/p-1. The Balaban J connectivity index is 3.32. The highest BCUT2D eigenvalue weighted by atomic mass is 127. The third kappa shape index (κ3) is 5.66. The van der Waals surface area contributed by atoms with E-state index >= 15 is 0 Å². The van der Waals surface area contributed by atoms with Gasteiger partial charge in [0, 0.05) is 0 Å². The van der Waals surface area contributed by atoms with E-state index in [-0.39, 0.29) is 13.2 Å². The molecular formula is C12H10F5I2O5S-.